The third kappa shape index (κ3) is 6.10. The number of aromatic nitrogens is 2. The molecule has 0 radical (unpaired) electrons. The number of aryl methyl sites for hydroxylation is 1. The van der Waals surface area contributed by atoms with E-state index in [0.29, 0.717) is 6.54 Å². The number of imidazole rings is 1. The fraction of sp³-hybridized carbons (Fsp3) is 0.304. The normalized spacial score (nSPS) is 11.9. The topological polar surface area (TPSA) is 46.9 Å². The molecule has 0 bridgehead atoms. The Morgan fingerprint density at radius 2 is 1.85 bits per heavy atom. The van der Waals surface area contributed by atoms with E-state index in [1.807, 2.05) is 36.1 Å². The van der Waals surface area contributed by atoms with E-state index >= 15 is 0 Å². The molecular weight excluding hydrogens is 334 g/mol. The SMILES string of the molecule is C[C@H](CCCc1ccccc1)C(=O)NCc1cccc(Cn2ccnc2)c1. The molecule has 0 spiro atoms. The van der Waals surface area contributed by atoms with E-state index in [2.05, 4.69) is 52.8 Å². The Balaban J connectivity index is 1.42. The summed E-state index contributed by atoms with van der Waals surface area (Å²) in [4.78, 5) is 16.4. The van der Waals surface area contributed by atoms with E-state index in [0.717, 1.165) is 31.4 Å². The summed E-state index contributed by atoms with van der Waals surface area (Å²) in [6.45, 7) is 3.37. The van der Waals surface area contributed by atoms with Crippen LogP contribution in [0.5, 0.6) is 0 Å². The number of nitrogens with one attached hydrogen (secondary N) is 1. The Hall–Kier alpha value is -2.88. The second-order valence-corrected chi connectivity index (χ2v) is 7.05. The van der Waals surface area contributed by atoms with E-state index in [9.17, 15) is 4.79 Å². The van der Waals surface area contributed by atoms with Gasteiger partial charge in [-0.3, -0.25) is 4.79 Å². The highest BCUT2D eigenvalue weighted by Crippen LogP contribution is 2.12. The molecule has 1 atom stereocenters. The van der Waals surface area contributed by atoms with Crippen LogP contribution in [0, 0.1) is 5.92 Å². The summed E-state index contributed by atoms with van der Waals surface area (Å²) < 4.78 is 2.03. The van der Waals surface area contributed by atoms with Crippen LogP contribution in [-0.4, -0.2) is 15.5 Å². The molecule has 4 heteroatoms. The van der Waals surface area contributed by atoms with Crippen molar-refractivity contribution in [3.05, 3.63) is 90.0 Å². The summed E-state index contributed by atoms with van der Waals surface area (Å²) >= 11 is 0. The minimum absolute atomic E-state index is 0.0304. The molecule has 140 valence electrons. The predicted octanol–water partition coefficient (Wildman–Crippen LogP) is 4.21. The first-order valence-electron chi connectivity index (χ1n) is 9.56. The van der Waals surface area contributed by atoms with Crippen molar-refractivity contribution in [3.8, 4) is 0 Å². The van der Waals surface area contributed by atoms with Gasteiger partial charge in [0, 0.05) is 31.4 Å². The largest absolute Gasteiger partial charge is 0.352 e. The zero-order valence-corrected chi connectivity index (χ0v) is 15.8. The summed E-state index contributed by atoms with van der Waals surface area (Å²) in [5.74, 6) is 0.158. The molecule has 0 saturated carbocycles. The van der Waals surface area contributed by atoms with Gasteiger partial charge >= 0.3 is 0 Å². The Morgan fingerprint density at radius 3 is 2.63 bits per heavy atom. The first kappa shape index (κ1) is 18.9. The van der Waals surface area contributed by atoms with Gasteiger partial charge in [-0.25, -0.2) is 4.98 Å². The van der Waals surface area contributed by atoms with E-state index in [4.69, 9.17) is 0 Å². The number of benzene rings is 2. The van der Waals surface area contributed by atoms with Crippen molar-refractivity contribution >= 4 is 5.91 Å². The summed E-state index contributed by atoms with van der Waals surface area (Å²) in [6.07, 6.45) is 8.50. The maximum atomic E-state index is 12.4. The Kier molecular flexibility index (Phi) is 6.80. The fourth-order valence-corrected chi connectivity index (χ4v) is 3.18. The van der Waals surface area contributed by atoms with Gasteiger partial charge in [0.05, 0.1) is 6.33 Å². The van der Waals surface area contributed by atoms with Crippen LogP contribution in [0.3, 0.4) is 0 Å². The highest BCUT2D eigenvalue weighted by molar-refractivity contribution is 5.78. The van der Waals surface area contributed by atoms with Crippen LogP contribution >= 0.6 is 0 Å². The standard InChI is InChI=1S/C23H27N3O/c1-19(7-5-10-20-8-3-2-4-9-20)23(27)25-16-21-11-6-12-22(15-21)17-26-14-13-24-18-26/h2-4,6,8-9,11-15,18-19H,5,7,10,16-17H2,1H3,(H,25,27)/t19-/m1/s1. The lowest BCUT2D eigenvalue weighted by molar-refractivity contribution is -0.124. The molecule has 1 amide bonds. The monoisotopic (exact) mass is 361 g/mol. The molecule has 1 N–H and O–H groups in total. The van der Waals surface area contributed by atoms with E-state index in [1.165, 1.54) is 11.1 Å². The molecule has 27 heavy (non-hydrogen) atoms. The summed E-state index contributed by atoms with van der Waals surface area (Å²) in [7, 11) is 0. The maximum absolute atomic E-state index is 12.4. The van der Waals surface area contributed by atoms with Gasteiger partial charge in [0.25, 0.3) is 0 Å². The molecule has 0 aliphatic carbocycles. The Bertz CT molecular complexity index is 828. The number of hydrogen-bond donors (Lipinski definition) is 1. The van der Waals surface area contributed by atoms with Gasteiger partial charge in [0.2, 0.25) is 5.91 Å². The van der Waals surface area contributed by atoms with Crippen LogP contribution < -0.4 is 5.32 Å². The van der Waals surface area contributed by atoms with Crippen LogP contribution in [-0.2, 0) is 24.3 Å². The van der Waals surface area contributed by atoms with Gasteiger partial charge in [0.1, 0.15) is 0 Å². The fourth-order valence-electron chi connectivity index (χ4n) is 3.18. The lowest BCUT2D eigenvalue weighted by atomic mass is 10.0. The van der Waals surface area contributed by atoms with Gasteiger partial charge in [-0.05, 0) is 36.0 Å². The van der Waals surface area contributed by atoms with Gasteiger partial charge < -0.3 is 9.88 Å². The zero-order chi connectivity index (χ0) is 18.9. The summed E-state index contributed by atoms with van der Waals surface area (Å²) in [5.41, 5.74) is 3.66. The molecule has 2 aromatic carbocycles. The molecule has 1 aromatic heterocycles. The molecule has 4 nitrogen and oxygen atoms in total. The zero-order valence-electron chi connectivity index (χ0n) is 15.8. The smallest absolute Gasteiger partial charge is 0.223 e. The lowest BCUT2D eigenvalue weighted by Gasteiger charge is -2.13. The first-order chi connectivity index (χ1) is 13.2. The summed E-state index contributed by atoms with van der Waals surface area (Å²) in [5, 5.41) is 3.08. The Labute approximate surface area is 161 Å². The predicted molar refractivity (Wildman–Crippen MR) is 108 cm³/mol. The molecule has 0 aliphatic heterocycles. The minimum Gasteiger partial charge on any atom is -0.352 e. The lowest BCUT2D eigenvalue weighted by Crippen LogP contribution is -2.28. The van der Waals surface area contributed by atoms with Gasteiger partial charge in [0.15, 0.2) is 0 Å². The number of amides is 1. The molecular formula is C23H27N3O. The Morgan fingerprint density at radius 1 is 1.07 bits per heavy atom. The molecule has 1 heterocycles. The van der Waals surface area contributed by atoms with Crippen molar-refractivity contribution in [2.24, 2.45) is 5.92 Å². The molecule has 3 rings (SSSR count). The number of rotatable bonds is 9. The van der Waals surface area contributed by atoms with E-state index in [1.54, 1.807) is 6.20 Å². The highest BCUT2D eigenvalue weighted by Gasteiger charge is 2.12. The van der Waals surface area contributed by atoms with Crippen LogP contribution in [0.25, 0.3) is 0 Å². The van der Waals surface area contributed by atoms with Crippen molar-refractivity contribution in [2.75, 3.05) is 0 Å². The number of carbonyl (C=O) groups excluding carboxylic acids is 1. The van der Waals surface area contributed by atoms with Gasteiger partial charge in [-0.15, -0.1) is 0 Å². The third-order valence-corrected chi connectivity index (χ3v) is 4.78. The van der Waals surface area contributed by atoms with Crippen LogP contribution in [0.2, 0.25) is 0 Å². The van der Waals surface area contributed by atoms with Crippen LogP contribution in [0.4, 0.5) is 0 Å². The quantitative estimate of drug-likeness (QED) is 0.621. The molecule has 0 unspecified atom stereocenters. The molecule has 0 fully saturated rings. The second kappa shape index (κ2) is 9.72. The van der Waals surface area contributed by atoms with Crippen molar-refractivity contribution in [1.82, 2.24) is 14.9 Å². The minimum atomic E-state index is 0.0304. The van der Waals surface area contributed by atoms with E-state index < -0.39 is 0 Å². The third-order valence-electron chi connectivity index (χ3n) is 4.78. The average Bonchev–Trinajstić information content (AvgIpc) is 3.20. The summed E-state index contributed by atoms with van der Waals surface area (Å²) in [6, 6.07) is 18.8. The second-order valence-electron chi connectivity index (χ2n) is 7.05. The van der Waals surface area contributed by atoms with Crippen molar-refractivity contribution in [1.29, 1.82) is 0 Å². The van der Waals surface area contributed by atoms with Crippen LogP contribution in [0.1, 0.15) is 36.5 Å². The van der Waals surface area contributed by atoms with Gasteiger partial charge in [-0.2, -0.15) is 0 Å². The van der Waals surface area contributed by atoms with Crippen molar-refractivity contribution < 1.29 is 4.79 Å². The van der Waals surface area contributed by atoms with Crippen molar-refractivity contribution in [3.63, 3.8) is 0 Å². The van der Waals surface area contributed by atoms with Crippen molar-refractivity contribution in [2.45, 2.75) is 39.3 Å². The van der Waals surface area contributed by atoms with Gasteiger partial charge in [-0.1, -0.05) is 61.5 Å². The maximum Gasteiger partial charge on any atom is 0.223 e. The molecule has 3 aromatic rings. The number of nitrogens with zero attached hydrogens (tertiary/aromatic N) is 2. The van der Waals surface area contributed by atoms with E-state index in [-0.39, 0.29) is 11.8 Å². The number of hydrogen-bond acceptors (Lipinski definition) is 2. The molecule has 0 saturated heterocycles. The van der Waals surface area contributed by atoms with Crippen LogP contribution in [0.15, 0.2) is 73.3 Å². The highest BCUT2D eigenvalue weighted by atomic mass is 16.1. The number of carbonyl (C=O) groups is 1. The average molecular weight is 361 g/mol. The molecule has 0 aliphatic rings. The first-order valence-corrected chi connectivity index (χ1v) is 9.56.